The second-order valence-electron chi connectivity index (χ2n) is 5.59. The van der Waals surface area contributed by atoms with Crippen molar-refractivity contribution >= 4 is 0 Å². The molecule has 1 N–H and O–H groups in total. The Balaban J connectivity index is 1.68. The van der Waals surface area contributed by atoms with Crippen LogP contribution in [0, 0.1) is 13.8 Å². The number of aryl methyl sites for hydroxylation is 2. The van der Waals surface area contributed by atoms with Crippen LogP contribution in [0.1, 0.15) is 29.9 Å². The normalized spacial score (nSPS) is 18.3. The highest BCUT2D eigenvalue weighted by Crippen LogP contribution is 2.12. The van der Waals surface area contributed by atoms with Crippen LogP contribution in [-0.4, -0.2) is 33.8 Å². The molecule has 1 atom stereocenters. The zero-order valence-electron chi connectivity index (χ0n) is 12.7. The molecule has 1 saturated heterocycles. The first kappa shape index (κ1) is 14.2. The van der Waals surface area contributed by atoms with E-state index in [0.29, 0.717) is 6.10 Å². The van der Waals surface area contributed by atoms with Crippen molar-refractivity contribution in [3.05, 3.63) is 41.5 Å². The van der Waals surface area contributed by atoms with Gasteiger partial charge < -0.3 is 10.1 Å². The van der Waals surface area contributed by atoms with Gasteiger partial charge >= 0.3 is 0 Å². The Hall–Kier alpha value is -1.72. The van der Waals surface area contributed by atoms with Gasteiger partial charge in [0.25, 0.3) is 0 Å². The molecular formula is C16H22N4O. The predicted octanol–water partition coefficient (Wildman–Crippen LogP) is 2.15. The Labute approximate surface area is 125 Å². The molecule has 0 spiro atoms. The van der Waals surface area contributed by atoms with Crippen molar-refractivity contribution in [1.29, 1.82) is 0 Å². The van der Waals surface area contributed by atoms with E-state index in [2.05, 4.69) is 21.4 Å². The molecule has 1 unspecified atom stereocenters. The smallest absolute Gasteiger partial charge is 0.234 e. The molecule has 1 aliphatic rings. The zero-order chi connectivity index (χ0) is 14.7. The molecule has 2 aromatic rings. The third-order valence-corrected chi connectivity index (χ3v) is 3.72. The van der Waals surface area contributed by atoms with Gasteiger partial charge in [-0.2, -0.15) is 0 Å². The van der Waals surface area contributed by atoms with Gasteiger partial charge in [0.2, 0.25) is 5.95 Å². The van der Waals surface area contributed by atoms with E-state index in [4.69, 9.17) is 4.74 Å². The van der Waals surface area contributed by atoms with Crippen LogP contribution in [0.2, 0.25) is 0 Å². The van der Waals surface area contributed by atoms with Crippen molar-refractivity contribution in [3.8, 4) is 5.95 Å². The summed E-state index contributed by atoms with van der Waals surface area (Å²) in [4.78, 5) is 9.04. The number of hydrogen-bond donors (Lipinski definition) is 1. The maximum Gasteiger partial charge on any atom is 0.234 e. The van der Waals surface area contributed by atoms with Crippen LogP contribution in [0.3, 0.4) is 0 Å². The molecule has 3 heterocycles. The fourth-order valence-corrected chi connectivity index (χ4v) is 2.74. The summed E-state index contributed by atoms with van der Waals surface area (Å²) in [5.41, 5.74) is 3.15. The minimum absolute atomic E-state index is 0.367. The molecule has 21 heavy (non-hydrogen) atoms. The molecule has 0 aliphatic carbocycles. The Morgan fingerprint density at radius 3 is 2.86 bits per heavy atom. The first-order valence-corrected chi connectivity index (χ1v) is 7.53. The summed E-state index contributed by atoms with van der Waals surface area (Å²) >= 11 is 0. The summed E-state index contributed by atoms with van der Waals surface area (Å²) in [7, 11) is 0. The fourth-order valence-electron chi connectivity index (χ4n) is 2.74. The minimum atomic E-state index is 0.367. The summed E-state index contributed by atoms with van der Waals surface area (Å²) in [6.45, 7) is 6.59. The van der Waals surface area contributed by atoms with E-state index in [1.54, 1.807) is 0 Å². The predicted molar refractivity (Wildman–Crippen MR) is 81.5 cm³/mol. The van der Waals surface area contributed by atoms with Crippen molar-refractivity contribution in [3.63, 3.8) is 0 Å². The minimum Gasteiger partial charge on any atom is -0.377 e. The lowest BCUT2D eigenvalue weighted by Crippen LogP contribution is -2.26. The Kier molecular flexibility index (Phi) is 4.31. The van der Waals surface area contributed by atoms with E-state index in [1.165, 1.54) is 6.42 Å². The van der Waals surface area contributed by atoms with Crippen LogP contribution in [0.25, 0.3) is 5.95 Å². The zero-order valence-corrected chi connectivity index (χ0v) is 12.7. The quantitative estimate of drug-likeness (QED) is 0.915. The number of nitrogens with zero attached hydrogens (tertiary/aromatic N) is 3. The van der Waals surface area contributed by atoms with E-state index in [9.17, 15) is 0 Å². The highest BCUT2D eigenvalue weighted by atomic mass is 16.5. The lowest BCUT2D eigenvalue weighted by atomic mass is 10.2. The highest BCUT2D eigenvalue weighted by Gasteiger charge is 2.15. The second kappa shape index (κ2) is 6.37. The average molecular weight is 286 g/mol. The van der Waals surface area contributed by atoms with Crippen molar-refractivity contribution in [2.75, 3.05) is 13.2 Å². The van der Waals surface area contributed by atoms with Gasteiger partial charge in [0.15, 0.2) is 0 Å². The van der Waals surface area contributed by atoms with Crippen LogP contribution >= 0.6 is 0 Å². The van der Waals surface area contributed by atoms with E-state index >= 15 is 0 Å². The molecule has 0 bridgehead atoms. The number of hydrogen-bond acceptors (Lipinski definition) is 4. The van der Waals surface area contributed by atoms with Crippen molar-refractivity contribution in [1.82, 2.24) is 19.9 Å². The lowest BCUT2D eigenvalue weighted by molar-refractivity contribution is 0.110. The van der Waals surface area contributed by atoms with Crippen molar-refractivity contribution < 1.29 is 4.74 Å². The van der Waals surface area contributed by atoms with Crippen LogP contribution in [0.15, 0.2) is 24.4 Å². The van der Waals surface area contributed by atoms with E-state index in [-0.39, 0.29) is 0 Å². The fraction of sp³-hybridized carbons (Fsp3) is 0.500. The number of aromatic nitrogens is 3. The molecule has 5 heteroatoms. The summed E-state index contributed by atoms with van der Waals surface area (Å²) in [5, 5.41) is 3.47. The number of nitrogens with one attached hydrogen (secondary N) is 1. The standard InChI is InChI=1S/C16H22N4O/c1-12-9-13(2)19-16(18-12)20-7-3-5-14(20)10-17-11-15-6-4-8-21-15/h3,5,7,9,15,17H,4,6,8,10-11H2,1-2H3. The van der Waals surface area contributed by atoms with Crippen molar-refractivity contribution in [2.45, 2.75) is 39.3 Å². The molecule has 1 aliphatic heterocycles. The summed E-state index contributed by atoms with van der Waals surface area (Å²) in [5.74, 6) is 0.742. The Bertz CT molecular complexity index is 582. The molecule has 0 aromatic carbocycles. The monoisotopic (exact) mass is 286 g/mol. The SMILES string of the molecule is Cc1cc(C)nc(-n2cccc2CNCC2CCCO2)n1. The molecule has 0 amide bonds. The maximum atomic E-state index is 5.62. The number of ether oxygens (including phenoxy) is 1. The molecule has 0 saturated carbocycles. The van der Waals surface area contributed by atoms with Gasteiger partial charge in [-0.05, 0) is 44.9 Å². The van der Waals surface area contributed by atoms with Crippen LogP contribution in [-0.2, 0) is 11.3 Å². The lowest BCUT2D eigenvalue weighted by Gasteiger charge is -2.12. The van der Waals surface area contributed by atoms with E-state index in [1.807, 2.05) is 36.7 Å². The Morgan fingerprint density at radius 1 is 1.33 bits per heavy atom. The Morgan fingerprint density at radius 2 is 2.14 bits per heavy atom. The van der Waals surface area contributed by atoms with Gasteiger partial charge in [-0.1, -0.05) is 0 Å². The molecular weight excluding hydrogens is 264 g/mol. The number of rotatable bonds is 5. The third kappa shape index (κ3) is 3.49. The van der Waals surface area contributed by atoms with Crippen LogP contribution in [0.5, 0.6) is 0 Å². The van der Waals surface area contributed by atoms with Gasteiger partial charge in [0.05, 0.1) is 6.10 Å². The molecule has 2 aromatic heterocycles. The first-order valence-electron chi connectivity index (χ1n) is 7.53. The van der Waals surface area contributed by atoms with Gasteiger partial charge in [0, 0.05) is 43.0 Å². The maximum absolute atomic E-state index is 5.62. The summed E-state index contributed by atoms with van der Waals surface area (Å²) < 4.78 is 7.67. The largest absolute Gasteiger partial charge is 0.377 e. The highest BCUT2D eigenvalue weighted by molar-refractivity contribution is 5.24. The molecule has 112 valence electrons. The summed E-state index contributed by atoms with van der Waals surface area (Å²) in [6.07, 6.45) is 4.72. The van der Waals surface area contributed by atoms with Crippen molar-refractivity contribution in [2.24, 2.45) is 0 Å². The molecule has 1 fully saturated rings. The summed E-state index contributed by atoms with van der Waals surface area (Å²) in [6, 6.07) is 6.12. The van der Waals surface area contributed by atoms with Gasteiger partial charge in [0.1, 0.15) is 0 Å². The van der Waals surface area contributed by atoms with E-state index in [0.717, 1.165) is 49.1 Å². The molecule has 0 radical (unpaired) electrons. The average Bonchev–Trinajstić information content (AvgIpc) is 3.08. The van der Waals surface area contributed by atoms with Gasteiger partial charge in [-0.15, -0.1) is 0 Å². The first-order chi connectivity index (χ1) is 10.2. The van der Waals surface area contributed by atoms with E-state index < -0.39 is 0 Å². The topological polar surface area (TPSA) is 52.0 Å². The van der Waals surface area contributed by atoms with Gasteiger partial charge in [-0.25, -0.2) is 9.97 Å². The molecule has 3 rings (SSSR count). The van der Waals surface area contributed by atoms with Crippen LogP contribution < -0.4 is 5.32 Å². The molecule has 5 nitrogen and oxygen atoms in total. The second-order valence-corrected chi connectivity index (χ2v) is 5.59. The van der Waals surface area contributed by atoms with Crippen LogP contribution in [0.4, 0.5) is 0 Å². The third-order valence-electron chi connectivity index (χ3n) is 3.72. The van der Waals surface area contributed by atoms with Gasteiger partial charge in [-0.3, -0.25) is 4.57 Å².